The Labute approximate surface area is 276 Å². The number of para-hydroxylation sites is 2. The third-order valence-electron chi connectivity index (χ3n) is 8.06. The minimum atomic E-state index is -4.34. The molecule has 0 amide bonds. The lowest BCUT2D eigenvalue weighted by Gasteiger charge is -2.12. The average Bonchev–Trinajstić information content (AvgIpc) is 3.10. The van der Waals surface area contributed by atoms with E-state index in [1.54, 1.807) is 36.4 Å². The summed E-state index contributed by atoms with van der Waals surface area (Å²) in [7, 11) is -8.69. The molecule has 0 atom stereocenters. The van der Waals surface area contributed by atoms with Gasteiger partial charge in [-0.05, 0) is 35.0 Å². The fourth-order valence-electron chi connectivity index (χ4n) is 5.99. The van der Waals surface area contributed by atoms with E-state index in [-0.39, 0.29) is 9.79 Å². The highest BCUT2D eigenvalue weighted by atomic mass is 32.2. The first-order valence-electron chi connectivity index (χ1n) is 14.8. The Balaban J connectivity index is 0.000000152. The largest absolute Gasteiger partial charge is 0.295 e. The van der Waals surface area contributed by atoms with Crippen LogP contribution in [0, 0.1) is 0 Å². The normalized spacial score (nSPS) is 11.9. The molecule has 0 bridgehead atoms. The monoisotopic (exact) mass is 670 g/mol. The Morgan fingerprint density at radius 2 is 0.646 bits per heavy atom. The van der Waals surface area contributed by atoms with Gasteiger partial charge in [0.15, 0.2) is 0 Å². The second-order valence-corrected chi connectivity index (χ2v) is 13.8. The van der Waals surface area contributed by atoms with Gasteiger partial charge in [-0.2, -0.15) is 16.8 Å². The number of aromatic nitrogens is 2. The highest BCUT2D eigenvalue weighted by molar-refractivity contribution is 7.86. The lowest BCUT2D eigenvalue weighted by molar-refractivity contribution is 0.481. The Hall–Kier alpha value is -5.52. The number of rotatable bonds is 4. The summed E-state index contributed by atoms with van der Waals surface area (Å²) < 4.78 is 66.1. The molecular formula is C38H26N2O6S2. The third-order valence-corrected chi connectivity index (χ3v) is 9.88. The van der Waals surface area contributed by atoms with Gasteiger partial charge >= 0.3 is 0 Å². The van der Waals surface area contributed by atoms with Crippen LogP contribution < -0.4 is 0 Å². The lowest BCUT2D eigenvalue weighted by Crippen LogP contribution is -2.01. The first-order valence-corrected chi connectivity index (χ1v) is 17.7. The van der Waals surface area contributed by atoms with Gasteiger partial charge in [-0.3, -0.25) is 9.11 Å². The summed E-state index contributed by atoms with van der Waals surface area (Å²) in [6.07, 6.45) is 0. The molecular weight excluding hydrogens is 645 g/mol. The van der Waals surface area contributed by atoms with E-state index in [4.69, 9.17) is 0 Å². The van der Waals surface area contributed by atoms with Crippen molar-refractivity contribution in [2.45, 2.75) is 9.79 Å². The van der Waals surface area contributed by atoms with Gasteiger partial charge in [-0.15, -0.1) is 0 Å². The number of fused-ring (bicyclic) bond motifs is 6. The van der Waals surface area contributed by atoms with E-state index < -0.39 is 20.2 Å². The maximum absolute atomic E-state index is 11.8. The molecule has 2 aromatic heterocycles. The van der Waals surface area contributed by atoms with Crippen LogP contribution in [0.3, 0.4) is 0 Å². The van der Waals surface area contributed by atoms with Crippen LogP contribution >= 0.6 is 0 Å². The zero-order valence-electron chi connectivity index (χ0n) is 25.1. The quantitative estimate of drug-likeness (QED) is 0.140. The summed E-state index contributed by atoms with van der Waals surface area (Å²) >= 11 is 0. The van der Waals surface area contributed by atoms with Crippen molar-refractivity contribution in [2.24, 2.45) is 0 Å². The van der Waals surface area contributed by atoms with Crippen LogP contribution in [0.4, 0.5) is 0 Å². The molecule has 48 heavy (non-hydrogen) atoms. The summed E-state index contributed by atoms with van der Waals surface area (Å²) in [6.45, 7) is 0. The van der Waals surface area contributed by atoms with Gasteiger partial charge in [0.25, 0.3) is 20.2 Å². The van der Waals surface area contributed by atoms with Crippen molar-refractivity contribution in [3.63, 3.8) is 0 Å². The molecule has 8 nitrogen and oxygen atoms in total. The van der Waals surface area contributed by atoms with Crippen molar-refractivity contribution in [2.75, 3.05) is 0 Å². The predicted molar refractivity (Wildman–Crippen MR) is 189 cm³/mol. The van der Waals surface area contributed by atoms with Gasteiger partial charge in [0.1, 0.15) is 9.79 Å². The van der Waals surface area contributed by atoms with Gasteiger partial charge in [0.05, 0.1) is 22.4 Å². The molecule has 0 aliphatic rings. The van der Waals surface area contributed by atoms with Crippen LogP contribution in [0.25, 0.3) is 65.9 Å². The van der Waals surface area contributed by atoms with Crippen LogP contribution in [0.5, 0.6) is 0 Å². The van der Waals surface area contributed by atoms with E-state index in [1.165, 1.54) is 12.1 Å². The van der Waals surface area contributed by atoms with Crippen molar-refractivity contribution in [1.82, 2.24) is 9.97 Å². The van der Waals surface area contributed by atoms with Crippen molar-refractivity contribution < 1.29 is 25.9 Å². The molecule has 0 saturated carbocycles. The fraction of sp³-hybridized carbons (Fsp3) is 0. The Morgan fingerprint density at radius 3 is 1.02 bits per heavy atom. The zero-order chi connectivity index (χ0) is 33.5. The van der Waals surface area contributed by atoms with Crippen LogP contribution in [0.1, 0.15) is 0 Å². The van der Waals surface area contributed by atoms with Gasteiger partial charge in [-0.25, -0.2) is 9.97 Å². The summed E-state index contributed by atoms with van der Waals surface area (Å²) in [5.41, 5.74) is 3.41. The Morgan fingerprint density at radius 1 is 0.354 bits per heavy atom. The van der Waals surface area contributed by atoms with E-state index in [2.05, 4.69) is 9.97 Å². The molecule has 6 aromatic carbocycles. The molecule has 236 valence electrons. The maximum Gasteiger partial charge on any atom is 0.295 e. The highest BCUT2D eigenvalue weighted by Gasteiger charge is 2.21. The van der Waals surface area contributed by atoms with E-state index in [0.717, 1.165) is 43.4 Å². The third kappa shape index (κ3) is 5.78. The van der Waals surface area contributed by atoms with E-state index in [9.17, 15) is 25.9 Å². The molecule has 8 aromatic rings. The second-order valence-electron chi connectivity index (χ2n) is 11.0. The average molecular weight is 671 g/mol. The zero-order valence-corrected chi connectivity index (χ0v) is 26.7. The minimum Gasteiger partial charge on any atom is -0.282 e. The number of hydrogen-bond donors (Lipinski definition) is 2. The molecule has 0 unspecified atom stereocenters. The Bertz CT molecular complexity index is 2560. The maximum atomic E-state index is 11.8. The number of pyridine rings is 2. The van der Waals surface area contributed by atoms with Crippen LogP contribution in [-0.4, -0.2) is 35.9 Å². The lowest BCUT2D eigenvalue weighted by atomic mass is 10.00. The SMILES string of the molecule is O=S(=O)(O)c1ccccc1-c1nc2ccccc2c2ccccc12.O=S(=O)(O)c1ccccc1-c1nc2ccccc2c2ccccc12. The molecule has 10 heteroatoms. The molecule has 0 aliphatic heterocycles. The molecule has 2 N–H and O–H groups in total. The van der Waals surface area contributed by atoms with Crippen molar-refractivity contribution in [3.05, 3.63) is 146 Å². The summed E-state index contributed by atoms with van der Waals surface area (Å²) in [4.78, 5) is 9.06. The van der Waals surface area contributed by atoms with Gasteiger partial charge < -0.3 is 0 Å². The van der Waals surface area contributed by atoms with Crippen LogP contribution in [-0.2, 0) is 20.2 Å². The van der Waals surface area contributed by atoms with Crippen LogP contribution in [0.15, 0.2) is 155 Å². The van der Waals surface area contributed by atoms with E-state index in [0.29, 0.717) is 22.5 Å². The molecule has 0 spiro atoms. The fourth-order valence-corrected chi connectivity index (χ4v) is 7.38. The molecule has 0 radical (unpaired) electrons. The van der Waals surface area contributed by atoms with Gasteiger partial charge in [0, 0.05) is 32.7 Å². The highest BCUT2D eigenvalue weighted by Crippen LogP contribution is 2.36. The first kappa shape index (κ1) is 31.1. The molecule has 0 fully saturated rings. The van der Waals surface area contributed by atoms with Crippen molar-refractivity contribution in [3.8, 4) is 22.5 Å². The molecule has 8 rings (SSSR count). The summed E-state index contributed by atoms with van der Waals surface area (Å²) in [6, 6.07) is 43.6. The van der Waals surface area contributed by atoms with Crippen LogP contribution in [0.2, 0.25) is 0 Å². The van der Waals surface area contributed by atoms with Gasteiger partial charge in [-0.1, -0.05) is 121 Å². The standard InChI is InChI=1S/2C19H13NO3S/c2*21-24(22,23)18-12-6-4-10-16(18)19-15-9-2-1-7-13(15)14-8-3-5-11-17(14)20-19/h2*1-12H,(H,21,22,23). The first-order chi connectivity index (χ1) is 23.1. The predicted octanol–water partition coefficient (Wildman–Crippen LogP) is 8.60. The molecule has 2 heterocycles. The van der Waals surface area contributed by atoms with E-state index >= 15 is 0 Å². The van der Waals surface area contributed by atoms with Gasteiger partial charge in [0.2, 0.25) is 0 Å². The van der Waals surface area contributed by atoms with E-state index in [1.807, 2.05) is 97.1 Å². The van der Waals surface area contributed by atoms with Crippen molar-refractivity contribution >= 4 is 63.6 Å². The number of hydrogen-bond acceptors (Lipinski definition) is 6. The topological polar surface area (TPSA) is 135 Å². The number of benzene rings is 6. The smallest absolute Gasteiger partial charge is 0.282 e. The molecule has 0 saturated heterocycles. The minimum absolute atomic E-state index is 0.141. The second kappa shape index (κ2) is 12.3. The number of nitrogens with zero attached hydrogens (tertiary/aromatic N) is 2. The summed E-state index contributed by atoms with van der Waals surface area (Å²) in [5, 5.41) is 5.66. The summed E-state index contributed by atoms with van der Waals surface area (Å²) in [5.74, 6) is 0. The Kier molecular flexibility index (Phi) is 7.94. The molecule has 0 aliphatic carbocycles. The van der Waals surface area contributed by atoms with Crippen molar-refractivity contribution in [1.29, 1.82) is 0 Å².